The summed E-state index contributed by atoms with van der Waals surface area (Å²) in [6, 6.07) is 9.43. The van der Waals surface area contributed by atoms with Gasteiger partial charge in [-0.25, -0.2) is 12.7 Å². The Hall–Kier alpha value is -1.37. The van der Waals surface area contributed by atoms with Crippen LogP contribution in [0.1, 0.15) is 17.5 Å². The van der Waals surface area contributed by atoms with Crippen LogP contribution < -0.4 is 4.74 Å². The summed E-state index contributed by atoms with van der Waals surface area (Å²) >= 11 is 1.24. The summed E-state index contributed by atoms with van der Waals surface area (Å²) in [4.78, 5) is 0. The highest BCUT2D eigenvalue weighted by Crippen LogP contribution is 2.20. The molecule has 6 heteroatoms. The van der Waals surface area contributed by atoms with E-state index in [1.165, 1.54) is 15.6 Å². The SMILES string of the molecule is Cc1cc(C)cc(OCCCN(C)S(=O)(=O)c2cccs2)c1. The van der Waals surface area contributed by atoms with E-state index in [0.29, 0.717) is 23.8 Å². The van der Waals surface area contributed by atoms with Gasteiger partial charge in [0.05, 0.1) is 6.61 Å². The van der Waals surface area contributed by atoms with Crippen LogP contribution >= 0.6 is 11.3 Å². The second-order valence-electron chi connectivity index (χ2n) is 5.28. The summed E-state index contributed by atoms with van der Waals surface area (Å²) in [6.45, 7) is 4.99. The van der Waals surface area contributed by atoms with Gasteiger partial charge in [0.15, 0.2) is 0 Å². The fourth-order valence-corrected chi connectivity index (χ4v) is 4.59. The van der Waals surface area contributed by atoms with Crippen LogP contribution in [0.25, 0.3) is 0 Å². The van der Waals surface area contributed by atoms with E-state index in [0.717, 1.165) is 16.9 Å². The zero-order chi connectivity index (χ0) is 16.2. The Morgan fingerprint density at radius 3 is 2.45 bits per heavy atom. The molecule has 0 aliphatic carbocycles. The van der Waals surface area contributed by atoms with Gasteiger partial charge in [-0.2, -0.15) is 0 Å². The van der Waals surface area contributed by atoms with Crippen molar-refractivity contribution in [2.45, 2.75) is 24.5 Å². The van der Waals surface area contributed by atoms with Gasteiger partial charge in [0.2, 0.25) is 0 Å². The fraction of sp³-hybridized carbons (Fsp3) is 0.375. The Bertz CT molecular complexity index is 689. The molecule has 4 nitrogen and oxygen atoms in total. The monoisotopic (exact) mass is 339 g/mol. The van der Waals surface area contributed by atoms with Gasteiger partial charge in [0.1, 0.15) is 9.96 Å². The van der Waals surface area contributed by atoms with Crippen LogP contribution in [0.5, 0.6) is 5.75 Å². The van der Waals surface area contributed by atoms with Gasteiger partial charge in [-0.05, 0) is 55.0 Å². The number of nitrogens with zero attached hydrogens (tertiary/aromatic N) is 1. The van der Waals surface area contributed by atoms with Gasteiger partial charge in [-0.15, -0.1) is 11.3 Å². The van der Waals surface area contributed by atoms with Crippen LogP contribution in [0.4, 0.5) is 0 Å². The van der Waals surface area contributed by atoms with Crippen LogP contribution in [0.2, 0.25) is 0 Å². The number of thiophene rings is 1. The Morgan fingerprint density at radius 2 is 1.86 bits per heavy atom. The zero-order valence-electron chi connectivity index (χ0n) is 13.1. The molecule has 1 heterocycles. The minimum atomic E-state index is -3.36. The topological polar surface area (TPSA) is 46.6 Å². The molecule has 0 saturated heterocycles. The molecular formula is C16H21NO3S2. The van der Waals surface area contributed by atoms with Crippen molar-refractivity contribution in [1.29, 1.82) is 0 Å². The van der Waals surface area contributed by atoms with Crippen molar-refractivity contribution in [1.82, 2.24) is 4.31 Å². The minimum Gasteiger partial charge on any atom is -0.494 e. The maximum absolute atomic E-state index is 12.2. The second kappa shape index (κ2) is 7.26. The molecule has 0 unspecified atom stereocenters. The normalized spacial score (nSPS) is 11.8. The maximum atomic E-state index is 12.2. The van der Waals surface area contributed by atoms with E-state index in [1.54, 1.807) is 24.6 Å². The average molecular weight is 339 g/mol. The van der Waals surface area contributed by atoms with Gasteiger partial charge in [-0.3, -0.25) is 0 Å². The Balaban J connectivity index is 1.83. The van der Waals surface area contributed by atoms with Gasteiger partial charge in [-0.1, -0.05) is 12.1 Å². The van der Waals surface area contributed by atoms with E-state index in [9.17, 15) is 8.42 Å². The third-order valence-corrected chi connectivity index (χ3v) is 6.47. The molecule has 0 amide bonds. The zero-order valence-corrected chi connectivity index (χ0v) is 14.7. The highest BCUT2D eigenvalue weighted by molar-refractivity contribution is 7.91. The van der Waals surface area contributed by atoms with Gasteiger partial charge in [0.25, 0.3) is 10.0 Å². The first kappa shape index (κ1) is 17.0. The van der Waals surface area contributed by atoms with Crippen LogP contribution in [-0.4, -0.2) is 32.9 Å². The van der Waals surface area contributed by atoms with E-state index in [-0.39, 0.29) is 0 Å². The van der Waals surface area contributed by atoms with Gasteiger partial charge in [0, 0.05) is 13.6 Å². The molecule has 0 radical (unpaired) electrons. The van der Waals surface area contributed by atoms with Crippen molar-refractivity contribution in [2.24, 2.45) is 0 Å². The van der Waals surface area contributed by atoms with Crippen molar-refractivity contribution in [3.8, 4) is 5.75 Å². The number of sulfonamides is 1. The molecule has 0 aliphatic heterocycles. The molecule has 0 spiro atoms. The van der Waals surface area contributed by atoms with Crippen LogP contribution in [-0.2, 0) is 10.0 Å². The Kier molecular flexibility index (Phi) is 5.61. The lowest BCUT2D eigenvalue weighted by Gasteiger charge is -2.16. The predicted molar refractivity (Wildman–Crippen MR) is 90.2 cm³/mol. The maximum Gasteiger partial charge on any atom is 0.252 e. The summed E-state index contributed by atoms with van der Waals surface area (Å²) in [5, 5.41) is 1.77. The van der Waals surface area contributed by atoms with E-state index >= 15 is 0 Å². The van der Waals surface area contributed by atoms with Crippen LogP contribution in [0, 0.1) is 13.8 Å². The van der Waals surface area contributed by atoms with Crippen molar-refractivity contribution >= 4 is 21.4 Å². The van der Waals surface area contributed by atoms with E-state index in [2.05, 4.69) is 6.07 Å². The third-order valence-electron chi connectivity index (χ3n) is 3.24. The largest absolute Gasteiger partial charge is 0.494 e. The number of benzene rings is 1. The molecule has 120 valence electrons. The molecule has 0 atom stereocenters. The van der Waals surface area contributed by atoms with Crippen molar-refractivity contribution in [2.75, 3.05) is 20.2 Å². The van der Waals surface area contributed by atoms with Gasteiger partial charge >= 0.3 is 0 Å². The van der Waals surface area contributed by atoms with Crippen LogP contribution in [0.15, 0.2) is 39.9 Å². The molecule has 0 fully saturated rings. The lowest BCUT2D eigenvalue weighted by atomic mass is 10.1. The molecule has 1 aromatic carbocycles. The highest BCUT2D eigenvalue weighted by Gasteiger charge is 2.20. The quantitative estimate of drug-likeness (QED) is 0.726. The van der Waals surface area contributed by atoms with E-state index in [1.807, 2.05) is 26.0 Å². The lowest BCUT2D eigenvalue weighted by molar-refractivity contribution is 0.296. The summed E-state index contributed by atoms with van der Waals surface area (Å²) in [5.41, 5.74) is 2.32. The van der Waals surface area contributed by atoms with Crippen molar-refractivity contribution in [3.05, 3.63) is 46.8 Å². The molecule has 1 aromatic heterocycles. The third kappa shape index (κ3) is 4.32. The summed E-state index contributed by atoms with van der Waals surface area (Å²) in [6.07, 6.45) is 0.647. The number of aryl methyl sites for hydroxylation is 2. The molecular weight excluding hydrogens is 318 g/mol. The number of rotatable bonds is 7. The van der Waals surface area contributed by atoms with Crippen molar-refractivity contribution in [3.63, 3.8) is 0 Å². The molecule has 0 saturated carbocycles. The average Bonchev–Trinajstić information content (AvgIpc) is 2.97. The number of hydrogen-bond donors (Lipinski definition) is 0. The summed E-state index contributed by atoms with van der Waals surface area (Å²) < 4.78 is 31.9. The molecule has 2 aromatic rings. The Labute approximate surface area is 136 Å². The van der Waals surface area contributed by atoms with Crippen LogP contribution in [0.3, 0.4) is 0 Å². The molecule has 2 rings (SSSR count). The molecule has 0 bridgehead atoms. The summed E-state index contributed by atoms with van der Waals surface area (Å²) in [7, 11) is -1.75. The Morgan fingerprint density at radius 1 is 1.18 bits per heavy atom. The van der Waals surface area contributed by atoms with Gasteiger partial charge < -0.3 is 4.74 Å². The van der Waals surface area contributed by atoms with Crippen molar-refractivity contribution < 1.29 is 13.2 Å². The summed E-state index contributed by atoms with van der Waals surface area (Å²) in [5.74, 6) is 0.835. The predicted octanol–water partition coefficient (Wildman–Crippen LogP) is 3.45. The smallest absolute Gasteiger partial charge is 0.252 e. The molecule has 0 N–H and O–H groups in total. The first-order chi connectivity index (χ1) is 10.4. The number of ether oxygens (including phenoxy) is 1. The number of hydrogen-bond acceptors (Lipinski definition) is 4. The lowest BCUT2D eigenvalue weighted by Crippen LogP contribution is -2.28. The first-order valence-corrected chi connectivity index (χ1v) is 9.42. The first-order valence-electron chi connectivity index (χ1n) is 7.10. The molecule has 22 heavy (non-hydrogen) atoms. The minimum absolute atomic E-state index is 0.380. The second-order valence-corrected chi connectivity index (χ2v) is 8.50. The van der Waals surface area contributed by atoms with E-state index < -0.39 is 10.0 Å². The highest BCUT2D eigenvalue weighted by atomic mass is 32.2. The fourth-order valence-electron chi connectivity index (χ4n) is 2.18. The van der Waals surface area contributed by atoms with E-state index in [4.69, 9.17) is 4.74 Å². The molecule has 0 aliphatic rings. The standard InChI is InChI=1S/C16H21NO3S2/c1-13-10-14(2)12-15(11-13)20-8-5-7-17(3)22(18,19)16-6-4-9-21-16/h4,6,9-12H,5,7-8H2,1-3H3.